The lowest BCUT2D eigenvalue weighted by atomic mass is 10.1. The summed E-state index contributed by atoms with van der Waals surface area (Å²) in [6, 6.07) is 5.60. The van der Waals surface area contributed by atoms with Gasteiger partial charge >= 0.3 is 0 Å². The average molecular weight is 381 g/mol. The molecule has 1 aromatic carbocycles. The van der Waals surface area contributed by atoms with Crippen LogP contribution in [0.25, 0.3) is 10.6 Å². The van der Waals surface area contributed by atoms with Crippen LogP contribution in [0.15, 0.2) is 36.0 Å². The summed E-state index contributed by atoms with van der Waals surface area (Å²) in [4.78, 5) is 29.2. The Kier molecular flexibility index (Phi) is 4.49. The third kappa shape index (κ3) is 3.90. The zero-order valence-corrected chi connectivity index (χ0v) is 15.8. The lowest BCUT2D eigenvalue weighted by Crippen LogP contribution is -2.25. The largest absolute Gasteiger partial charge is 0.349 e. The zero-order chi connectivity index (χ0) is 19.0. The van der Waals surface area contributed by atoms with Crippen molar-refractivity contribution in [2.24, 2.45) is 7.05 Å². The monoisotopic (exact) mass is 381 g/mol. The first-order valence-corrected chi connectivity index (χ1v) is 9.55. The van der Waals surface area contributed by atoms with Crippen molar-refractivity contribution in [3.8, 4) is 10.6 Å². The van der Waals surface area contributed by atoms with Crippen molar-refractivity contribution in [1.29, 1.82) is 0 Å². The fraction of sp³-hybridized carbons (Fsp3) is 0.263. The maximum atomic E-state index is 12.6. The molecule has 2 amide bonds. The second-order valence-corrected chi connectivity index (χ2v) is 7.53. The van der Waals surface area contributed by atoms with Crippen LogP contribution in [0.5, 0.6) is 0 Å². The van der Waals surface area contributed by atoms with Gasteiger partial charge < -0.3 is 10.6 Å². The summed E-state index contributed by atoms with van der Waals surface area (Å²) in [5.74, 6) is -0.412. The number of aryl methyl sites for hydroxylation is 2. The van der Waals surface area contributed by atoms with Crippen LogP contribution in [0.4, 0.5) is 5.69 Å². The number of benzene rings is 1. The van der Waals surface area contributed by atoms with E-state index in [2.05, 4.69) is 20.7 Å². The molecule has 138 valence electrons. The molecule has 0 bridgehead atoms. The second-order valence-electron chi connectivity index (χ2n) is 6.67. The summed E-state index contributed by atoms with van der Waals surface area (Å²) in [7, 11) is 1.83. The number of aromatic nitrogens is 3. The van der Waals surface area contributed by atoms with E-state index >= 15 is 0 Å². The van der Waals surface area contributed by atoms with Crippen molar-refractivity contribution in [3.63, 3.8) is 0 Å². The van der Waals surface area contributed by atoms with Gasteiger partial charge in [-0.2, -0.15) is 5.10 Å². The molecule has 8 heteroatoms. The Morgan fingerprint density at radius 1 is 1.26 bits per heavy atom. The molecule has 0 spiro atoms. The molecule has 1 saturated carbocycles. The minimum absolute atomic E-state index is 0.111. The fourth-order valence-corrected chi connectivity index (χ4v) is 3.40. The van der Waals surface area contributed by atoms with Gasteiger partial charge in [0.15, 0.2) is 0 Å². The standard InChI is InChI=1S/C19H19N5O2S/c1-11-3-4-12(17(25)21-14-5-6-14)7-15(11)22-18(26)16-10-27-19(23-16)13-8-20-24(2)9-13/h3-4,7-10,14H,5-6H2,1-2H3,(H,21,25)(H,22,26). The lowest BCUT2D eigenvalue weighted by molar-refractivity contribution is 0.0949. The zero-order valence-electron chi connectivity index (χ0n) is 15.0. The highest BCUT2D eigenvalue weighted by molar-refractivity contribution is 7.13. The summed E-state index contributed by atoms with van der Waals surface area (Å²) in [5.41, 5.74) is 3.24. The molecule has 0 aliphatic heterocycles. The number of nitrogens with one attached hydrogen (secondary N) is 2. The summed E-state index contributed by atoms with van der Waals surface area (Å²) in [6.07, 6.45) is 5.63. The number of thiazole rings is 1. The SMILES string of the molecule is Cc1ccc(C(=O)NC2CC2)cc1NC(=O)c1csc(-c2cnn(C)c2)n1. The quantitative estimate of drug-likeness (QED) is 0.711. The van der Waals surface area contributed by atoms with Crippen molar-refractivity contribution in [2.75, 3.05) is 5.32 Å². The number of hydrogen-bond donors (Lipinski definition) is 2. The summed E-state index contributed by atoms with van der Waals surface area (Å²) in [5, 5.41) is 12.4. The van der Waals surface area contributed by atoms with Crippen molar-refractivity contribution in [3.05, 3.63) is 52.8 Å². The van der Waals surface area contributed by atoms with Crippen molar-refractivity contribution in [2.45, 2.75) is 25.8 Å². The number of carbonyl (C=O) groups excluding carboxylic acids is 2. The number of nitrogens with zero attached hydrogens (tertiary/aromatic N) is 3. The maximum absolute atomic E-state index is 12.6. The molecule has 2 N–H and O–H groups in total. The first-order valence-electron chi connectivity index (χ1n) is 8.67. The molecule has 2 heterocycles. The molecule has 2 aromatic heterocycles. The van der Waals surface area contributed by atoms with E-state index in [1.54, 1.807) is 28.4 Å². The van der Waals surface area contributed by atoms with Gasteiger partial charge in [-0.3, -0.25) is 14.3 Å². The van der Waals surface area contributed by atoms with Gasteiger partial charge in [-0.05, 0) is 37.5 Å². The minimum Gasteiger partial charge on any atom is -0.349 e. The number of carbonyl (C=O) groups is 2. The van der Waals surface area contributed by atoms with Crippen LogP contribution >= 0.6 is 11.3 Å². The highest BCUT2D eigenvalue weighted by Crippen LogP contribution is 2.25. The number of hydrogen-bond acceptors (Lipinski definition) is 5. The molecule has 1 aliphatic rings. The molecule has 4 rings (SSSR count). The molecule has 27 heavy (non-hydrogen) atoms. The Hall–Kier alpha value is -3.00. The molecular weight excluding hydrogens is 362 g/mol. The molecule has 1 aliphatic carbocycles. The first kappa shape index (κ1) is 17.4. The fourth-order valence-electron chi connectivity index (χ4n) is 2.62. The van der Waals surface area contributed by atoms with E-state index < -0.39 is 0 Å². The average Bonchev–Trinajstić information content (AvgIpc) is 3.14. The van der Waals surface area contributed by atoms with Crippen molar-refractivity contribution >= 4 is 28.8 Å². The summed E-state index contributed by atoms with van der Waals surface area (Å²) < 4.78 is 1.69. The first-order chi connectivity index (χ1) is 13.0. The smallest absolute Gasteiger partial charge is 0.275 e. The minimum atomic E-state index is -0.302. The maximum Gasteiger partial charge on any atom is 0.275 e. The lowest BCUT2D eigenvalue weighted by Gasteiger charge is -2.10. The van der Waals surface area contributed by atoms with Crippen LogP contribution in [-0.4, -0.2) is 32.6 Å². The number of rotatable bonds is 5. The molecule has 1 fully saturated rings. The molecule has 0 radical (unpaired) electrons. The number of anilines is 1. The molecule has 0 saturated heterocycles. The van der Waals surface area contributed by atoms with Gasteiger partial charge in [0.1, 0.15) is 10.7 Å². The van der Waals surface area contributed by atoms with Crippen LogP contribution in [0.2, 0.25) is 0 Å². The normalized spacial score (nSPS) is 13.4. The van der Waals surface area contributed by atoms with Gasteiger partial charge in [-0.15, -0.1) is 11.3 Å². The summed E-state index contributed by atoms with van der Waals surface area (Å²) >= 11 is 1.39. The Bertz CT molecular complexity index is 1020. The van der Waals surface area contributed by atoms with Gasteiger partial charge in [-0.1, -0.05) is 6.07 Å². The van der Waals surface area contributed by atoms with Crippen molar-refractivity contribution < 1.29 is 9.59 Å². The third-order valence-corrected chi connectivity index (χ3v) is 5.24. The van der Waals surface area contributed by atoms with Gasteiger partial charge in [0.25, 0.3) is 11.8 Å². The topological polar surface area (TPSA) is 88.9 Å². The van der Waals surface area contributed by atoms with E-state index in [1.807, 2.05) is 26.2 Å². The Labute approximate surface area is 160 Å². The van der Waals surface area contributed by atoms with Gasteiger partial charge in [0.05, 0.1) is 6.20 Å². The predicted octanol–water partition coefficient (Wildman–Crippen LogP) is 3.00. The van der Waals surface area contributed by atoms with Crippen molar-refractivity contribution in [1.82, 2.24) is 20.1 Å². The van der Waals surface area contributed by atoms with Gasteiger partial charge in [0.2, 0.25) is 0 Å². The van der Waals surface area contributed by atoms with E-state index in [-0.39, 0.29) is 17.9 Å². The van der Waals surface area contributed by atoms with E-state index in [9.17, 15) is 9.59 Å². The van der Waals surface area contributed by atoms with Gasteiger partial charge in [-0.25, -0.2) is 4.98 Å². The molecule has 0 unspecified atom stereocenters. The molecule has 0 atom stereocenters. The van der Waals surface area contributed by atoms with E-state index in [0.29, 0.717) is 16.9 Å². The van der Waals surface area contributed by atoms with E-state index in [0.717, 1.165) is 29.0 Å². The van der Waals surface area contributed by atoms with Crippen LogP contribution in [-0.2, 0) is 7.05 Å². The third-order valence-electron chi connectivity index (χ3n) is 4.35. The Morgan fingerprint density at radius 3 is 2.78 bits per heavy atom. The molecular formula is C19H19N5O2S. The van der Waals surface area contributed by atoms with Crippen LogP contribution in [0, 0.1) is 6.92 Å². The van der Waals surface area contributed by atoms with Crippen LogP contribution in [0.1, 0.15) is 39.3 Å². The van der Waals surface area contributed by atoms with E-state index in [4.69, 9.17) is 0 Å². The highest BCUT2D eigenvalue weighted by atomic mass is 32.1. The predicted molar refractivity (Wildman–Crippen MR) is 104 cm³/mol. The van der Waals surface area contributed by atoms with E-state index in [1.165, 1.54) is 11.3 Å². The molecule has 3 aromatic rings. The van der Waals surface area contributed by atoms with Crippen LogP contribution < -0.4 is 10.6 Å². The Morgan fingerprint density at radius 2 is 2.07 bits per heavy atom. The summed E-state index contributed by atoms with van der Waals surface area (Å²) in [6.45, 7) is 1.89. The van der Waals surface area contributed by atoms with Gasteiger partial charge in [0, 0.05) is 41.5 Å². The van der Waals surface area contributed by atoms with Crippen LogP contribution in [0.3, 0.4) is 0 Å². The Balaban J connectivity index is 1.50. The molecule has 7 nitrogen and oxygen atoms in total. The highest BCUT2D eigenvalue weighted by Gasteiger charge is 2.24. The number of amides is 2. The second kappa shape index (κ2) is 6.96.